The Balaban J connectivity index is 2.24. The van der Waals surface area contributed by atoms with Gasteiger partial charge in [-0.2, -0.15) is 5.26 Å². The largest absolute Gasteiger partial charge is 0.497 e. The molecule has 1 aromatic carbocycles. The van der Waals surface area contributed by atoms with Gasteiger partial charge in [0.25, 0.3) is 0 Å². The first-order valence-corrected chi connectivity index (χ1v) is 7.93. The third kappa shape index (κ3) is 3.42. The van der Waals surface area contributed by atoms with Crippen LogP contribution in [0.25, 0.3) is 22.0 Å². The van der Waals surface area contributed by atoms with Crippen molar-refractivity contribution in [2.45, 2.75) is 6.10 Å². The van der Waals surface area contributed by atoms with Crippen molar-refractivity contribution in [3.05, 3.63) is 48.3 Å². The van der Waals surface area contributed by atoms with E-state index < -0.39 is 12.7 Å². The van der Waals surface area contributed by atoms with Crippen LogP contribution in [0.15, 0.2) is 42.6 Å². The van der Waals surface area contributed by atoms with Crippen molar-refractivity contribution in [2.24, 2.45) is 0 Å². The van der Waals surface area contributed by atoms with Crippen LogP contribution < -0.4 is 9.47 Å². The Bertz CT molecular complexity index is 954. The van der Waals surface area contributed by atoms with Gasteiger partial charge in [-0.25, -0.2) is 4.98 Å². The number of hydrogen-bond acceptors (Lipinski definition) is 7. The lowest BCUT2D eigenvalue weighted by molar-refractivity contribution is 0.0526. The van der Waals surface area contributed by atoms with Gasteiger partial charge in [0.1, 0.15) is 24.5 Å². The van der Waals surface area contributed by atoms with Crippen molar-refractivity contribution in [1.82, 2.24) is 9.97 Å². The molecule has 0 aliphatic heterocycles. The summed E-state index contributed by atoms with van der Waals surface area (Å²) >= 11 is 0. The molecule has 0 saturated heterocycles. The second kappa shape index (κ2) is 7.78. The summed E-state index contributed by atoms with van der Waals surface area (Å²) in [6.45, 7) is -0.568. The summed E-state index contributed by atoms with van der Waals surface area (Å²) in [6.07, 6.45) is 0.607. The van der Waals surface area contributed by atoms with Crippen LogP contribution >= 0.6 is 0 Å². The smallest absolute Gasteiger partial charge is 0.222 e. The molecule has 132 valence electrons. The third-order valence-corrected chi connectivity index (χ3v) is 3.83. The zero-order valence-corrected chi connectivity index (χ0v) is 14.1. The molecule has 3 rings (SSSR count). The summed E-state index contributed by atoms with van der Waals surface area (Å²) in [5.74, 6) is 0.817. The van der Waals surface area contributed by atoms with Crippen LogP contribution in [0.5, 0.6) is 11.6 Å². The van der Waals surface area contributed by atoms with E-state index in [1.165, 1.54) is 0 Å². The van der Waals surface area contributed by atoms with Crippen molar-refractivity contribution in [3.63, 3.8) is 0 Å². The molecule has 0 spiro atoms. The van der Waals surface area contributed by atoms with E-state index in [2.05, 4.69) is 16.0 Å². The summed E-state index contributed by atoms with van der Waals surface area (Å²) in [7, 11) is 1.56. The minimum Gasteiger partial charge on any atom is -0.497 e. The van der Waals surface area contributed by atoms with Crippen LogP contribution in [-0.2, 0) is 0 Å². The Morgan fingerprint density at radius 1 is 1.23 bits per heavy atom. The molecular formula is C19H17N3O4. The van der Waals surface area contributed by atoms with Crippen molar-refractivity contribution in [2.75, 3.05) is 20.3 Å². The first-order chi connectivity index (χ1) is 12.7. The SMILES string of the molecule is COc1ccc2c(OCC(O)CO)nc(C#N)c(-c3ccccn3)c2c1. The van der Waals surface area contributed by atoms with Gasteiger partial charge in [-0.15, -0.1) is 0 Å². The van der Waals surface area contributed by atoms with E-state index in [4.69, 9.17) is 14.6 Å². The second-order valence-corrected chi connectivity index (χ2v) is 5.53. The Morgan fingerprint density at radius 2 is 2.08 bits per heavy atom. The fraction of sp³-hybridized carbons (Fsp3) is 0.211. The van der Waals surface area contributed by atoms with E-state index in [1.54, 1.807) is 43.6 Å². The van der Waals surface area contributed by atoms with Crippen LogP contribution in [0, 0.1) is 11.3 Å². The predicted octanol–water partition coefficient (Wildman–Crippen LogP) is 1.91. The molecule has 0 aliphatic rings. The number of fused-ring (bicyclic) bond motifs is 1. The summed E-state index contributed by atoms with van der Waals surface area (Å²) in [6, 6.07) is 12.8. The lowest BCUT2D eigenvalue weighted by Crippen LogP contribution is -2.21. The molecule has 2 N–H and O–H groups in total. The molecule has 3 aromatic rings. The number of methoxy groups -OCH3 is 1. The van der Waals surface area contributed by atoms with Gasteiger partial charge in [-0.05, 0) is 30.3 Å². The summed E-state index contributed by atoms with van der Waals surface area (Å²) in [4.78, 5) is 8.64. The number of benzene rings is 1. The highest BCUT2D eigenvalue weighted by molar-refractivity contribution is 6.01. The minimum atomic E-state index is -1.04. The van der Waals surface area contributed by atoms with Crippen LogP contribution in [-0.4, -0.2) is 46.6 Å². The Labute approximate surface area is 150 Å². The maximum absolute atomic E-state index is 9.60. The Hall–Kier alpha value is -3.21. The number of rotatable bonds is 6. The Kier molecular flexibility index (Phi) is 5.27. The van der Waals surface area contributed by atoms with E-state index in [0.29, 0.717) is 27.8 Å². The fourth-order valence-corrected chi connectivity index (χ4v) is 2.58. The average Bonchev–Trinajstić information content (AvgIpc) is 2.71. The molecule has 0 aliphatic carbocycles. The number of aliphatic hydroxyl groups is 2. The molecule has 7 nitrogen and oxygen atoms in total. The third-order valence-electron chi connectivity index (χ3n) is 3.83. The zero-order chi connectivity index (χ0) is 18.5. The molecule has 26 heavy (non-hydrogen) atoms. The molecule has 7 heteroatoms. The number of aromatic nitrogens is 2. The van der Waals surface area contributed by atoms with Gasteiger partial charge in [-0.3, -0.25) is 4.98 Å². The van der Waals surface area contributed by atoms with Gasteiger partial charge in [0, 0.05) is 22.5 Å². The molecule has 0 saturated carbocycles. The molecule has 1 atom stereocenters. The highest BCUT2D eigenvalue weighted by Crippen LogP contribution is 2.36. The fourth-order valence-electron chi connectivity index (χ4n) is 2.58. The highest BCUT2D eigenvalue weighted by Gasteiger charge is 2.18. The molecule has 2 heterocycles. The molecular weight excluding hydrogens is 334 g/mol. The van der Waals surface area contributed by atoms with E-state index in [1.807, 2.05) is 6.07 Å². The van der Waals surface area contributed by atoms with Crippen molar-refractivity contribution >= 4 is 10.8 Å². The number of nitriles is 1. The van der Waals surface area contributed by atoms with Gasteiger partial charge in [0.2, 0.25) is 5.88 Å². The first-order valence-electron chi connectivity index (χ1n) is 7.93. The van der Waals surface area contributed by atoms with Crippen molar-refractivity contribution in [3.8, 4) is 29.0 Å². The maximum Gasteiger partial charge on any atom is 0.222 e. The quantitative estimate of drug-likeness (QED) is 0.698. The van der Waals surface area contributed by atoms with Gasteiger partial charge in [0.15, 0.2) is 5.69 Å². The molecule has 0 fully saturated rings. The molecule has 0 bridgehead atoms. The topological polar surface area (TPSA) is 108 Å². The van der Waals surface area contributed by atoms with Gasteiger partial charge in [-0.1, -0.05) is 6.07 Å². The molecule has 2 aromatic heterocycles. The number of ether oxygens (including phenoxy) is 2. The molecule has 0 radical (unpaired) electrons. The highest BCUT2D eigenvalue weighted by atomic mass is 16.5. The monoisotopic (exact) mass is 351 g/mol. The number of nitrogens with zero attached hydrogens (tertiary/aromatic N) is 3. The number of hydrogen-bond donors (Lipinski definition) is 2. The lowest BCUT2D eigenvalue weighted by atomic mass is 10.0. The van der Waals surface area contributed by atoms with E-state index in [0.717, 1.165) is 0 Å². The average molecular weight is 351 g/mol. The lowest BCUT2D eigenvalue weighted by Gasteiger charge is -2.15. The molecule has 1 unspecified atom stereocenters. The van der Waals surface area contributed by atoms with E-state index in [9.17, 15) is 10.4 Å². The maximum atomic E-state index is 9.60. The summed E-state index contributed by atoms with van der Waals surface area (Å²) in [5.41, 5.74) is 1.34. The standard InChI is InChI=1S/C19H17N3O4/c1-25-13-5-6-14-15(8-13)18(16-4-2-3-7-21-16)17(9-20)22-19(14)26-11-12(24)10-23/h2-8,12,23-24H,10-11H2,1H3. The van der Waals surface area contributed by atoms with Crippen molar-refractivity contribution < 1.29 is 19.7 Å². The van der Waals surface area contributed by atoms with Gasteiger partial charge >= 0.3 is 0 Å². The number of aliphatic hydroxyl groups excluding tert-OH is 2. The minimum absolute atomic E-state index is 0.140. The van der Waals surface area contributed by atoms with Gasteiger partial charge in [0.05, 0.1) is 19.4 Å². The first kappa shape index (κ1) is 17.6. The second-order valence-electron chi connectivity index (χ2n) is 5.53. The van der Waals surface area contributed by atoms with Crippen LogP contribution in [0.2, 0.25) is 0 Å². The number of pyridine rings is 2. The predicted molar refractivity (Wildman–Crippen MR) is 94.8 cm³/mol. The van der Waals surface area contributed by atoms with E-state index >= 15 is 0 Å². The van der Waals surface area contributed by atoms with Crippen molar-refractivity contribution in [1.29, 1.82) is 5.26 Å². The molecule has 0 amide bonds. The zero-order valence-electron chi connectivity index (χ0n) is 14.1. The van der Waals surface area contributed by atoms with Crippen LogP contribution in [0.1, 0.15) is 5.69 Å². The van der Waals surface area contributed by atoms with E-state index in [-0.39, 0.29) is 18.2 Å². The normalized spacial score (nSPS) is 11.8. The van der Waals surface area contributed by atoms with Gasteiger partial charge < -0.3 is 19.7 Å². The van der Waals surface area contributed by atoms with Crippen LogP contribution in [0.3, 0.4) is 0 Å². The summed E-state index contributed by atoms with van der Waals surface area (Å²) in [5, 5.41) is 29.4. The van der Waals surface area contributed by atoms with Crippen LogP contribution in [0.4, 0.5) is 0 Å². The Morgan fingerprint density at radius 3 is 2.73 bits per heavy atom. The summed E-state index contributed by atoms with van der Waals surface area (Å²) < 4.78 is 10.8.